The fourth-order valence-corrected chi connectivity index (χ4v) is 3.30. The van der Waals surface area contributed by atoms with Gasteiger partial charge in [-0.25, -0.2) is 18.4 Å². The van der Waals surface area contributed by atoms with Gasteiger partial charge in [0.25, 0.3) is 0 Å². The molecule has 0 spiro atoms. The average Bonchev–Trinajstić information content (AvgIpc) is 2.85. The fraction of sp³-hybridized carbons (Fsp3) is 0.154. The lowest BCUT2D eigenvalue weighted by Gasteiger charge is -2.13. The molecule has 118 valence electrons. The number of rotatable bonds is 4. The zero-order valence-corrected chi connectivity index (χ0v) is 13.9. The van der Waals surface area contributed by atoms with Crippen LogP contribution in [0.1, 0.15) is 17.8 Å². The van der Waals surface area contributed by atoms with Crippen molar-refractivity contribution in [2.24, 2.45) is 5.14 Å². The van der Waals surface area contributed by atoms with Crippen LogP contribution < -0.4 is 15.8 Å². The Balaban J connectivity index is 1.97. The molecule has 0 fully saturated rings. The van der Waals surface area contributed by atoms with Crippen LogP contribution in [-0.2, 0) is 10.0 Å². The quantitative estimate of drug-likeness (QED) is 0.782. The Morgan fingerprint density at radius 3 is 2.36 bits per heavy atom. The minimum Gasteiger partial charge on any atom is -0.331 e. The van der Waals surface area contributed by atoms with E-state index in [0.29, 0.717) is 10.0 Å². The summed E-state index contributed by atoms with van der Waals surface area (Å²) in [6, 6.07) is 8.60. The van der Waals surface area contributed by atoms with Crippen molar-refractivity contribution in [3.05, 3.63) is 45.6 Å². The van der Waals surface area contributed by atoms with E-state index in [1.54, 1.807) is 6.07 Å². The van der Waals surface area contributed by atoms with Crippen LogP contribution in [0.4, 0.5) is 10.5 Å². The molecule has 1 aromatic heterocycles. The number of benzene rings is 1. The van der Waals surface area contributed by atoms with Gasteiger partial charge < -0.3 is 10.6 Å². The Morgan fingerprint density at radius 1 is 1.23 bits per heavy atom. The number of nitrogens with one attached hydrogen (secondary N) is 2. The van der Waals surface area contributed by atoms with Gasteiger partial charge in [0.05, 0.1) is 15.3 Å². The highest BCUT2D eigenvalue weighted by Gasteiger charge is 2.12. The highest BCUT2D eigenvalue weighted by molar-refractivity contribution is 7.89. The zero-order valence-electron chi connectivity index (χ0n) is 11.5. The van der Waals surface area contributed by atoms with Crippen molar-refractivity contribution < 1.29 is 13.2 Å². The molecule has 1 heterocycles. The lowest BCUT2D eigenvalue weighted by molar-refractivity contribution is 0.249. The van der Waals surface area contributed by atoms with Gasteiger partial charge in [0.1, 0.15) is 0 Å². The van der Waals surface area contributed by atoms with E-state index in [0.717, 1.165) is 4.88 Å². The second-order valence-corrected chi connectivity index (χ2v) is 7.84. The van der Waals surface area contributed by atoms with Crippen molar-refractivity contribution in [2.45, 2.75) is 17.9 Å². The standard InChI is InChI=1S/C13H14ClN3O3S2/c1-8(11-6-7-12(14)21-11)16-13(18)17-9-2-4-10(5-3-9)22(15,19)20/h2-8H,1H3,(H2,15,19,20)(H2,16,17,18). The molecular weight excluding hydrogens is 346 g/mol. The number of nitrogens with two attached hydrogens (primary N) is 1. The summed E-state index contributed by atoms with van der Waals surface area (Å²) in [4.78, 5) is 12.8. The molecule has 6 nitrogen and oxygen atoms in total. The SMILES string of the molecule is CC(NC(=O)Nc1ccc(S(N)(=O)=O)cc1)c1ccc(Cl)s1. The van der Waals surface area contributed by atoms with Gasteiger partial charge in [0.15, 0.2) is 0 Å². The van der Waals surface area contributed by atoms with Crippen LogP contribution in [0.2, 0.25) is 4.34 Å². The minimum absolute atomic E-state index is 0.0138. The number of urea groups is 1. The van der Waals surface area contributed by atoms with E-state index < -0.39 is 16.1 Å². The first-order valence-corrected chi connectivity index (χ1v) is 8.95. The molecule has 2 aromatic rings. The minimum atomic E-state index is -3.74. The van der Waals surface area contributed by atoms with E-state index >= 15 is 0 Å². The van der Waals surface area contributed by atoms with Gasteiger partial charge in [-0.3, -0.25) is 0 Å². The maximum Gasteiger partial charge on any atom is 0.319 e. The second-order valence-electron chi connectivity index (χ2n) is 4.53. The van der Waals surface area contributed by atoms with Gasteiger partial charge in [-0.1, -0.05) is 11.6 Å². The zero-order chi connectivity index (χ0) is 16.3. The summed E-state index contributed by atoms with van der Waals surface area (Å²) < 4.78 is 22.9. The summed E-state index contributed by atoms with van der Waals surface area (Å²) in [5, 5.41) is 10.4. The Bertz CT molecular complexity index is 772. The first-order chi connectivity index (χ1) is 10.3. The van der Waals surface area contributed by atoms with Gasteiger partial charge in [0, 0.05) is 10.6 Å². The number of hydrogen-bond donors (Lipinski definition) is 3. The van der Waals surface area contributed by atoms with E-state index in [2.05, 4.69) is 10.6 Å². The molecule has 1 unspecified atom stereocenters. The number of thiophene rings is 1. The summed E-state index contributed by atoms with van der Waals surface area (Å²) in [7, 11) is -3.74. The van der Waals surface area contributed by atoms with Crippen LogP contribution in [0.5, 0.6) is 0 Å². The van der Waals surface area contributed by atoms with Crippen LogP contribution in [0, 0.1) is 0 Å². The van der Waals surface area contributed by atoms with Gasteiger partial charge in [0.2, 0.25) is 10.0 Å². The van der Waals surface area contributed by atoms with Crippen LogP contribution in [0.3, 0.4) is 0 Å². The molecule has 0 saturated heterocycles. The molecule has 0 saturated carbocycles. The molecule has 9 heteroatoms. The fourth-order valence-electron chi connectivity index (χ4n) is 1.72. The van der Waals surface area contributed by atoms with Crippen molar-refractivity contribution in [3.63, 3.8) is 0 Å². The van der Waals surface area contributed by atoms with Gasteiger partial charge >= 0.3 is 6.03 Å². The Hall–Kier alpha value is -1.61. The first-order valence-electron chi connectivity index (χ1n) is 6.21. The van der Waals surface area contributed by atoms with E-state index in [9.17, 15) is 13.2 Å². The summed E-state index contributed by atoms with van der Waals surface area (Å²) >= 11 is 7.24. The maximum absolute atomic E-state index is 11.9. The van der Waals surface area contributed by atoms with Crippen LogP contribution in [0.15, 0.2) is 41.3 Å². The number of anilines is 1. The molecule has 2 amide bonds. The van der Waals surface area contributed by atoms with E-state index in [-0.39, 0.29) is 10.9 Å². The van der Waals surface area contributed by atoms with E-state index in [1.165, 1.54) is 35.6 Å². The number of halogens is 1. The number of amides is 2. The van der Waals surface area contributed by atoms with Crippen molar-refractivity contribution >= 4 is 44.7 Å². The molecule has 2 rings (SSSR count). The Kier molecular flexibility index (Phi) is 5.07. The Morgan fingerprint density at radius 2 is 1.86 bits per heavy atom. The third-order valence-corrected chi connectivity index (χ3v) is 5.15. The molecule has 4 N–H and O–H groups in total. The van der Waals surface area contributed by atoms with Crippen LogP contribution >= 0.6 is 22.9 Å². The number of primary sulfonamides is 1. The summed E-state index contributed by atoms with van der Waals surface area (Å²) in [5.74, 6) is 0. The lowest BCUT2D eigenvalue weighted by atomic mass is 10.3. The monoisotopic (exact) mass is 359 g/mol. The Labute approximate surface area is 137 Å². The molecule has 0 aliphatic heterocycles. The number of carbonyl (C=O) groups is 1. The second kappa shape index (κ2) is 6.66. The predicted molar refractivity (Wildman–Crippen MR) is 87.7 cm³/mol. The van der Waals surface area contributed by atoms with E-state index in [4.69, 9.17) is 16.7 Å². The number of sulfonamides is 1. The van der Waals surface area contributed by atoms with Gasteiger partial charge in [-0.05, 0) is 43.3 Å². The van der Waals surface area contributed by atoms with Crippen molar-refractivity contribution in [3.8, 4) is 0 Å². The first kappa shape index (κ1) is 16.8. The summed E-state index contributed by atoms with van der Waals surface area (Å²) in [6.45, 7) is 1.84. The highest BCUT2D eigenvalue weighted by Crippen LogP contribution is 2.26. The summed E-state index contributed by atoms with van der Waals surface area (Å²) in [6.07, 6.45) is 0. The van der Waals surface area contributed by atoms with Gasteiger partial charge in [-0.15, -0.1) is 11.3 Å². The molecule has 0 bridgehead atoms. The largest absolute Gasteiger partial charge is 0.331 e. The van der Waals surface area contributed by atoms with Crippen molar-refractivity contribution in [1.29, 1.82) is 0 Å². The van der Waals surface area contributed by atoms with E-state index in [1.807, 2.05) is 13.0 Å². The molecule has 22 heavy (non-hydrogen) atoms. The molecule has 1 aromatic carbocycles. The number of carbonyl (C=O) groups excluding carboxylic acids is 1. The molecular formula is C13H14ClN3O3S2. The third-order valence-electron chi connectivity index (χ3n) is 2.81. The van der Waals surface area contributed by atoms with Crippen molar-refractivity contribution in [2.75, 3.05) is 5.32 Å². The molecule has 0 aliphatic rings. The molecule has 0 radical (unpaired) electrons. The molecule has 1 atom stereocenters. The smallest absolute Gasteiger partial charge is 0.319 e. The van der Waals surface area contributed by atoms with Crippen LogP contribution in [-0.4, -0.2) is 14.4 Å². The van der Waals surface area contributed by atoms with Gasteiger partial charge in [-0.2, -0.15) is 0 Å². The third kappa shape index (κ3) is 4.44. The van der Waals surface area contributed by atoms with Crippen LogP contribution in [0.25, 0.3) is 0 Å². The predicted octanol–water partition coefficient (Wildman–Crippen LogP) is 2.93. The lowest BCUT2D eigenvalue weighted by Crippen LogP contribution is -2.30. The molecule has 0 aliphatic carbocycles. The van der Waals surface area contributed by atoms with Crippen molar-refractivity contribution in [1.82, 2.24) is 5.32 Å². The normalized spacial score (nSPS) is 12.7. The average molecular weight is 360 g/mol. The highest BCUT2D eigenvalue weighted by atomic mass is 35.5. The number of hydrogen-bond acceptors (Lipinski definition) is 4. The topological polar surface area (TPSA) is 101 Å². The maximum atomic E-state index is 11.9. The summed E-state index contributed by atoms with van der Waals surface area (Å²) in [5.41, 5.74) is 0.460.